The molecule has 4 heteroatoms. The molecule has 0 aromatic carbocycles. The Bertz CT molecular complexity index is 264. The van der Waals surface area contributed by atoms with E-state index < -0.39 is 0 Å². The summed E-state index contributed by atoms with van der Waals surface area (Å²) >= 11 is 1.88. The van der Waals surface area contributed by atoms with Crippen LogP contribution in [0.5, 0.6) is 5.75 Å². The zero-order valence-electron chi connectivity index (χ0n) is 9.11. The summed E-state index contributed by atoms with van der Waals surface area (Å²) in [6.07, 6.45) is 2.59. The minimum atomic E-state index is 0.639. The van der Waals surface area contributed by atoms with E-state index in [0.717, 1.165) is 36.0 Å². The molecular weight excluding hydrogens is 208 g/mol. The predicted molar refractivity (Wildman–Crippen MR) is 65.5 cm³/mol. The molecule has 1 aromatic rings. The minimum Gasteiger partial charge on any atom is -0.491 e. The van der Waals surface area contributed by atoms with E-state index in [-0.39, 0.29) is 0 Å². The Hall–Kier alpha value is -0.740. The first-order valence-electron chi connectivity index (χ1n) is 5.22. The van der Waals surface area contributed by atoms with Crippen molar-refractivity contribution in [2.45, 2.75) is 13.3 Å². The fourth-order valence-corrected chi connectivity index (χ4v) is 1.64. The maximum atomic E-state index is 5.53. The second-order valence-electron chi connectivity index (χ2n) is 3.07. The van der Waals surface area contributed by atoms with Crippen LogP contribution in [-0.2, 0) is 6.42 Å². The Morgan fingerprint density at radius 1 is 1.47 bits per heavy atom. The first-order chi connectivity index (χ1) is 7.36. The first kappa shape index (κ1) is 12.3. The van der Waals surface area contributed by atoms with E-state index in [9.17, 15) is 0 Å². The summed E-state index contributed by atoms with van der Waals surface area (Å²) in [5.74, 6) is 3.01. The van der Waals surface area contributed by atoms with Gasteiger partial charge in [-0.15, -0.1) is 0 Å². The molecule has 15 heavy (non-hydrogen) atoms. The van der Waals surface area contributed by atoms with Crippen LogP contribution < -0.4 is 10.5 Å². The third-order valence-corrected chi connectivity index (χ3v) is 2.76. The number of thioether (sulfide) groups is 1. The molecule has 84 valence electrons. The number of hydrogen-bond acceptors (Lipinski definition) is 4. The zero-order valence-corrected chi connectivity index (χ0v) is 9.93. The smallest absolute Gasteiger partial charge is 0.137 e. The van der Waals surface area contributed by atoms with E-state index in [1.165, 1.54) is 0 Å². The van der Waals surface area contributed by atoms with Crippen molar-refractivity contribution in [1.29, 1.82) is 0 Å². The third kappa shape index (κ3) is 5.04. The van der Waals surface area contributed by atoms with Crippen molar-refractivity contribution in [1.82, 2.24) is 4.98 Å². The molecule has 0 fully saturated rings. The molecule has 0 unspecified atom stereocenters. The molecule has 2 N–H and O–H groups in total. The van der Waals surface area contributed by atoms with Crippen molar-refractivity contribution in [2.24, 2.45) is 5.73 Å². The monoisotopic (exact) mass is 226 g/mol. The molecule has 0 radical (unpaired) electrons. The summed E-state index contributed by atoms with van der Waals surface area (Å²) in [4.78, 5) is 4.26. The van der Waals surface area contributed by atoms with Gasteiger partial charge in [0.1, 0.15) is 5.75 Å². The van der Waals surface area contributed by atoms with Crippen LogP contribution in [0.15, 0.2) is 18.3 Å². The molecule has 0 aliphatic carbocycles. The summed E-state index contributed by atoms with van der Waals surface area (Å²) in [5.41, 5.74) is 6.46. The summed E-state index contributed by atoms with van der Waals surface area (Å²) in [5, 5.41) is 0. The molecule has 0 aliphatic rings. The van der Waals surface area contributed by atoms with Gasteiger partial charge in [-0.25, -0.2) is 0 Å². The highest BCUT2D eigenvalue weighted by Crippen LogP contribution is 2.10. The molecule has 0 atom stereocenters. The van der Waals surface area contributed by atoms with Gasteiger partial charge in [-0.2, -0.15) is 11.8 Å². The maximum absolute atomic E-state index is 5.53. The quantitative estimate of drug-likeness (QED) is 0.719. The van der Waals surface area contributed by atoms with E-state index >= 15 is 0 Å². The lowest BCUT2D eigenvalue weighted by molar-refractivity contribution is 0.342. The number of ether oxygens (including phenoxy) is 1. The molecule has 3 nitrogen and oxygen atoms in total. The van der Waals surface area contributed by atoms with Crippen molar-refractivity contribution in [2.75, 3.05) is 24.7 Å². The second-order valence-corrected chi connectivity index (χ2v) is 4.46. The van der Waals surface area contributed by atoms with Crippen molar-refractivity contribution in [3.63, 3.8) is 0 Å². The first-order valence-corrected chi connectivity index (χ1v) is 6.37. The number of hydrogen-bond donors (Lipinski definition) is 1. The van der Waals surface area contributed by atoms with Crippen molar-refractivity contribution >= 4 is 11.8 Å². The summed E-state index contributed by atoms with van der Waals surface area (Å²) in [6, 6.07) is 3.92. The van der Waals surface area contributed by atoms with E-state index in [0.29, 0.717) is 6.54 Å². The molecule has 0 saturated heterocycles. The lowest BCUT2D eigenvalue weighted by Crippen LogP contribution is -2.05. The molecule has 0 amide bonds. The van der Waals surface area contributed by atoms with Crippen LogP contribution in [-0.4, -0.2) is 29.6 Å². The summed E-state index contributed by atoms with van der Waals surface area (Å²) < 4.78 is 5.53. The van der Waals surface area contributed by atoms with Crippen LogP contribution in [0.4, 0.5) is 0 Å². The highest BCUT2D eigenvalue weighted by atomic mass is 32.2. The third-order valence-electron chi connectivity index (χ3n) is 1.90. The summed E-state index contributed by atoms with van der Waals surface area (Å²) in [6.45, 7) is 3.53. The molecule has 1 rings (SSSR count). The molecule has 0 saturated carbocycles. The number of rotatable bonds is 7. The van der Waals surface area contributed by atoms with Crippen LogP contribution in [0.25, 0.3) is 0 Å². The predicted octanol–water partition coefficient (Wildman–Crippen LogP) is 1.71. The average Bonchev–Trinajstić information content (AvgIpc) is 2.27. The Morgan fingerprint density at radius 3 is 2.93 bits per heavy atom. The van der Waals surface area contributed by atoms with Crippen LogP contribution in [0, 0.1) is 0 Å². The standard InChI is InChI=1S/C11H18N2OS/c1-2-15-8-7-14-11-4-3-10(5-6-12)13-9-11/h3-4,9H,2,5-8,12H2,1H3. The van der Waals surface area contributed by atoms with Crippen LogP contribution >= 0.6 is 11.8 Å². The van der Waals surface area contributed by atoms with Gasteiger partial charge in [0.2, 0.25) is 0 Å². The average molecular weight is 226 g/mol. The molecule has 0 aliphatic heterocycles. The molecule has 1 heterocycles. The fourth-order valence-electron chi connectivity index (χ4n) is 1.15. The normalized spacial score (nSPS) is 10.3. The zero-order chi connectivity index (χ0) is 10.9. The number of aromatic nitrogens is 1. The Balaban J connectivity index is 2.29. The van der Waals surface area contributed by atoms with Gasteiger partial charge in [0, 0.05) is 17.9 Å². The van der Waals surface area contributed by atoms with Gasteiger partial charge in [-0.1, -0.05) is 6.92 Å². The summed E-state index contributed by atoms with van der Waals surface area (Å²) in [7, 11) is 0. The number of nitrogens with zero attached hydrogens (tertiary/aromatic N) is 1. The fraction of sp³-hybridized carbons (Fsp3) is 0.545. The molecule has 0 bridgehead atoms. The van der Waals surface area contributed by atoms with Gasteiger partial charge in [-0.3, -0.25) is 4.98 Å². The van der Waals surface area contributed by atoms with E-state index in [2.05, 4.69) is 11.9 Å². The van der Waals surface area contributed by atoms with Crippen LogP contribution in [0.2, 0.25) is 0 Å². The van der Waals surface area contributed by atoms with E-state index in [4.69, 9.17) is 10.5 Å². The van der Waals surface area contributed by atoms with Gasteiger partial charge >= 0.3 is 0 Å². The number of pyridine rings is 1. The number of nitrogens with two attached hydrogens (primary N) is 1. The molecule has 0 spiro atoms. The van der Waals surface area contributed by atoms with Crippen molar-refractivity contribution in [3.8, 4) is 5.75 Å². The van der Waals surface area contributed by atoms with Gasteiger partial charge in [-0.05, 0) is 24.4 Å². The topological polar surface area (TPSA) is 48.1 Å². The van der Waals surface area contributed by atoms with Crippen molar-refractivity contribution in [3.05, 3.63) is 24.0 Å². The SMILES string of the molecule is CCSCCOc1ccc(CCN)nc1. The highest BCUT2D eigenvalue weighted by molar-refractivity contribution is 7.99. The van der Waals surface area contributed by atoms with Gasteiger partial charge in [0.05, 0.1) is 12.8 Å². The largest absolute Gasteiger partial charge is 0.491 e. The Kier molecular flexibility index (Phi) is 6.20. The van der Waals surface area contributed by atoms with E-state index in [1.807, 2.05) is 23.9 Å². The maximum Gasteiger partial charge on any atom is 0.137 e. The second kappa shape index (κ2) is 7.54. The van der Waals surface area contributed by atoms with Gasteiger partial charge in [0.15, 0.2) is 0 Å². The van der Waals surface area contributed by atoms with E-state index in [1.54, 1.807) is 6.20 Å². The van der Waals surface area contributed by atoms with Crippen LogP contribution in [0.1, 0.15) is 12.6 Å². The Morgan fingerprint density at radius 2 is 2.33 bits per heavy atom. The van der Waals surface area contributed by atoms with Crippen molar-refractivity contribution < 1.29 is 4.74 Å². The van der Waals surface area contributed by atoms with Gasteiger partial charge < -0.3 is 10.5 Å². The van der Waals surface area contributed by atoms with Gasteiger partial charge in [0.25, 0.3) is 0 Å². The molecular formula is C11H18N2OS. The van der Waals surface area contributed by atoms with Crippen LogP contribution in [0.3, 0.4) is 0 Å². The highest BCUT2D eigenvalue weighted by Gasteiger charge is 1.96. The Labute approximate surface area is 95.4 Å². The minimum absolute atomic E-state index is 0.639. The lowest BCUT2D eigenvalue weighted by Gasteiger charge is -2.05. The lowest BCUT2D eigenvalue weighted by atomic mass is 10.3. The molecule has 1 aromatic heterocycles.